The standard InChI is InChI=1S/C13H11NO3/c1-8-6-12(17-14-8)11-7-9-4-3-5-10(15-2)13(9)16-11/h3-7H,1-2H3. The highest BCUT2D eigenvalue weighted by Crippen LogP contribution is 2.33. The molecule has 1 aromatic carbocycles. The van der Waals surface area contributed by atoms with Gasteiger partial charge in [0.1, 0.15) is 0 Å². The fourth-order valence-corrected chi connectivity index (χ4v) is 1.80. The molecular weight excluding hydrogens is 218 g/mol. The fraction of sp³-hybridized carbons (Fsp3) is 0.154. The van der Waals surface area contributed by atoms with Crippen LogP contribution in [-0.4, -0.2) is 12.3 Å². The summed E-state index contributed by atoms with van der Waals surface area (Å²) in [5.41, 5.74) is 1.55. The van der Waals surface area contributed by atoms with Crippen LogP contribution in [0.4, 0.5) is 0 Å². The summed E-state index contributed by atoms with van der Waals surface area (Å²) in [4.78, 5) is 0. The van der Waals surface area contributed by atoms with Crippen molar-refractivity contribution in [2.24, 2.45) is 0 Å². The van der Waals surface area contributed by atoms with E-state index in [-0.39, 0.29) is 0 Å². The first-order valence-electron chi connectivity index (χ1n) is 5.28. The Morgan fingerprint density at radius 2 is 2.06 bits per heavy atom. The number of hydrogen-bond acceptors (Lipinski definition) is 4. The Morgan fingerprint density at radius 3 is 2.76 bits per heavy atom. The van der Waals surface area contributed by atoms with E-state index in [9.17, 15) is 0 Å². The monoisotopic (exact) mass is 229 g/mol. The van der Waals surface area contributed by atoms with Crippen LogP contribution in [0, 0.1) is 6.92 Å². The first-order valence-corrected chi connectivity index (χ1v) is 5.28. The van der Waals surface area contributed by atoms with Gasteiger partial charge < -0.3 is 13.7 Å². The smallest absolute Gasteiger partial charge is 0.202 e. The van der Waals surface area contributed by atoms with Crippen molar-refractivity contribution in [2.75, 3.05) is 7.11 Å². The third kappa shape index (κ3) is 1.58. The van der Waals surface area contributed by atoms with E-state index in [1.807, 2.05) is 37.3 Å². The number of ether oxygens (including phenoxy) is 1. The summed E-state index contributed by atoms with van der Waals surface area (Å²) >= 11 is 0. The third-order valence-corrected chi connectivity index (χ3v) is 2.60. The largest absolute Gasteiger partial charge is 0.493 e. The van der Waals surface area contributed by atoms with Crippen LogP contribution in [0.15, 0.2) is 39.3 Å². The van der Waals surface area contributed by atoms with E-state index in [0.29, 0.717) is 17.3 Å². The molecule has 2 aromatic heterocycles. The summed E-state index contributed by atoms with van der Waals surface area (Å²) in [5, 5.41) is 4.82. The van der Waals surface area contributed by atoms with Crippen LogP contribution in [0.1, 0.15) is 5.69 Å². The molecule has 0 aliphatic carbocycles. The number of para-hydroxylation sites is 1. The summed E-state index contributed by atoms with van der Waals surface area (Å²) in [6, 6.07) is 9.50. The van der Waals surface area contributed by atoms with Crippen molar-refractivity contribution in [2.45, 2.75) is 6.92 Å². The SMILES string of the molecule is COc1cccc2cc(-c3cc(C)no3)oc12. The minimum Gasteiger partial charge on any atom is -0.493 e. The number of fused-ring (bicyclic) bond motifs is 1. The molecule has 0 spiro atoms. The zero-order chi connectivity index (χ0) is 11.8. The summed E-state index contributed by atoms with van der Waals surface area (Å²) in [7, 11) is 1.62. The van der Waals surface area contributed by atoms with Gasteiger partial charge in [0, 0.05) is 11.5 Å². The second kappa shape index (κ2) is 3.66. The maximum atomic E-state index is 5.73. The predicted molar refractivity (Wildman–Crippen MR) is 63.0 cm³/mol. The average Bonchev–Trinajstić information content (AvgIpc) is 2.93. The molecule has 0 aliphatic heterocycles. The lowest BCUT2D eigenvalue weighted by atomic mass is 10.2. The number of rotatable bonds is 2. The third-order valence-electron chi connectivity index (χ3n) is 2.60. The Morgan fingerprint density at radius 1 is 1.18 bits per heavy atom. The molecule has 2 heterocycles. The molecule has 86 valence electrons. The maximum absolute atomic E-state index is 5.73. The molecule has 0 unspecified atom stereocenters. The number of nitrogens with zero attached hydrogens (tertiary/aromatic N) is 1. The lowest BCUT2D eigenvalue weighted by Gasteiger charge is -1.98. The Hall–Kier alpha value is -2.23. The molecule has 0 amide bonds. The predicted octanol–water partition coefficient (Wildman–Crippen LogP) is 3.40. The fourth-order valence-electron chi connectivity index (χ4n) is 1.80. The minimum absolute atomic E-state index is 0.626. The summed E-state index contributed by atoms with van der Waals surface area (Å²) in [6.45, 7) is 1.87. The maximum Gasteiger partial charge on any atom is 0.202 e. The number of furan rings is 1. The number of aromatic nitrogens is 1. The molecule has 0 N–H and O–H groups in total. The van der Waals surface area contributed by atoms with E-state index in [4.69, 9.17) is 13.7 Å². The van der Waals surface area contributed by atoms with Crippen molar-refractivity contribution < 1.29 is 13.7 Å². The Balaban J connectivity index is 2.19. The van der Waals surface area contributed by atoms with Crippen molar-refractivity contribution in [1.29, 1.82) is 0 Å². The van der Waals surface area contributed by atoms with Crippen LogP contribution in [0.5, 0.6) is 5.75 Å². The van der Waals surface area contributed by atoms with Crippen molar-refractivity contribution >= 4 is 11.0 Å². The molecule has 3 rings (SSSR count). The van der Waals surface area contributed by atoms with E-state index in [1.165, 1.54) is 0 Å². The van der Waals surface area contributed by atoms with E-state index < -0.39 is 0 Å². The van der Waals surface area contributed by atoms with Crippen molar-refractivity contribution in [3.8, 4) is 17.3 Å². The number of benzene rings is 1. The highest BCUT2D eigenvalue weighted by Gasteiger charge is 2.13. The van der Waals surface area contributed by atoms with E-state index in [2.05, 4.69) is 5.16 Å². The van der Waals surface area contributed by atoms with Gasteiger partial charge in [-0.05, 0) is 19.1 Å². The zero-order valence-electron chi connectivity index (χ0n) is 9.56. The first-order chi connectivity index (χ1) is 8.28. The zero-order valence-corrected chi connectivity index (χ0v) is 9.56. The van der Waals surface area contributed by atoms with Crippen molar-refractivity contribution in [3.63, 3.8) is 0 Å². The lowest BCUT2D eigenvalue weighted by Crippen LogP contribution is -1.81. The first kappa shape index (κ1) is 9.96. The Labute approximate surface area is 97.8 Å². The average molecular weight is 229 g/mol. The van der Waals surface area contributed by atoms with E-state index in [1.54, 1.807) is 7.11 Å². The molecule has 0 saturated heterocycles. The van der Waals surface area contributed by atoms with Gasteiger partial charge in [-0.15, -0.1) is 0 Å². The van der Waals surface area contributed by atoms with Gasteiger partial charge in [0.25, 0.3) is 0 Å². The number of methoxy groups -OCH3 is 1. The van der Waals surface area contributed by atoms with Crippen LogP contribution in [-0.2, 0) is 0 Å². The van der Waals surface area contributed by atoms with Crippen molar-refractivity contribution in [3.05, 3.63) is 36.0 Å². The molecule has 0 radical (unpaired) electrons. The molecule has 0 bridgehead atoms. The molecule has 0 fully saturated rings. The van der Waals surface area contributed by atoms with Gasteiger partial charge in [0.2, 0.25) is 5.76 Å². The molecule has 0 atom stereocenters. The van der Waals surface area contributed by atoms with Gasteiger partial charge in [0.05, 0.1) is 12.8 Å². The van der Waals surface area contributed by atoms with Gasteiger partial charge in [-0.1, -0.05) is 17.3 Å². The second-order valence-corrected chi connectivity index (χ2v) is 3.82. The second-order valence-electron chi connectivity index (χ2n) is 3.82. The molecule has 0 saturated carbocycles. The summed E-state index contributed by atoms with van der Waals surface area (Å²) in [5.74, 6) is 2.00. The van der Waals surface area contributed by atoms with Crippen LogP contribution in [0.25, 0.3) is 22.5 Å². The quantitative estimate of drug-likeness (QED) is 0.675. The Bertz CT molecular complexity index is 666. The molecule has 4 nitrogen and oxygen atoms in total. The van der Waals surface area contributed by atoms with E-state index in [0.717, 1.165) is 16.7 Å². The van der Waals surface area contributed by atoms with Crippen LogP contribution >= 0.6 is 0 Å². The summed E-state index contributed by atoms with van der Waals surface area (Å²) < 4.78 is 16.1. The molecule has 17 heavy (non-hydrogen) atoms. The van der Waals surface area contributed by atoms with Crippen LogP contribution < -0.4 is 4.74 Å². The van der Waals surface area contributed by atoms with Gasteiger partial charge in [-0.2, -0.15) is 0 Å². The number of hydrogen-bond donors (Lipinski definition) is 0. The van der Waals surface area contributed by atoms with Crippen LogP contribution in [0.2, 0.25) is 0 Å². The van der Waals surface area contributed by atoms with E-state index >= 15 is 0 Å². The highest BCUT2D eigenvalue weighted by molar-refractivity contribution is 5.86. The normalized spacial score (nSPS) is 10.9. The topological polar surface area (TPSA) is 48.4 Å². The molecule has 0 aliphatic rings. The van der Waals surface area contributed by atoms with Gasteiger partial charge >= 0.3 is 0 Å². The Kier molecular flexibility index (Phi) is 2.14. The van der Waals surface area contributed by atoms with Gasteiger partial charge in [-0.3, -0.25) is 0 Å². The molecule has 3 aromatic rings. The highest BCUT2D eigenvalue weighted by atomic mass is 16.5. The summed E-state index contributed by atoms with van der Waals surface area (Å²) in [6.07, 6.45) is 0. The minimum atomic E-state index is 0.626. The van der Waals surface area contributed by atoms with Crippen molar-refractivity contribution in [1.82, 2.24) is 5.16 Å². The van der Waals surface area contributed by atoms with Crippen LogP contribution in [0.3, 0.4) is 0 Å². The van der Waals surface area contributed by atoms with Gasteiger partial charge in [0.15, 0.2) is 17.1 Å². The molecule has 4 heteroatoms. The number of aryl methyl sites for hydroxylation is 1. The lowest BCUT2D eigenvalue weighted by molar-refractivity contribution is 0.404. The van der Waals surface area contributed by atoms with Gasteiger partial charge in [-0.25, -0.2) is 0 Å². The molecular formula is C13H11NO3.